The van der Waals surface area contributed by atoms with Crippen molar-refractivity contribution >= 4 is 11.8 Å². The Morgan fingerprint density at radius 1 is 1.20 bits per heavy atom. The van der Waals surface area contributed by atoms with E-state index in [1.54, 1.807) is 11.9 Å². The SMILES string of the molecule is CCCCN(C)C(=O)CNC(=O)CCc1ccccc1. The molecule has 1 aromatic carbocycles. The number of nitrogens with zero attached hydrogens (tertiary/aromatic N) is 1. The molecule has 1 aromatic rings. The van der Waals surface area contributed by atoms with E-state index in [0.29, 0.717) is 12.8 Å². The Morgan fingerprint density at radius 3 is 2.55 bits per heavy atom. The molecule has 0 aliphatic rings. The highest BCUT2D eigenvalue weighted by Gasteiger charge is 2.09. The van der Waals surface area contributed by atoms with Gasteiger partial charge in [0.1, 0.15) is 0 Å². The van der Waals surface area contributed by atoms with Crippen molar-refractivity contribution in [3.8, 4) is 0 Å². The van der Waals surface area contributed by atoms with Crippen molar-refractivity contribution in [2.24, 2.45) is 0 Å². The third-order valence-corrected chi connectivity index (χ3v) is 3.19. The maximum Gasteiger partial charge on any atom is 0.241 e. The first-order valence-electron chi connectivity index (χ1n) is 7.18. The Kier molecular flexibility index (Phi) is 7.40. The largest absolute Gasteiger partial charge is 0.347 e. The van der Waals surface area contributed by atoms with E-state index in [4.69, 9.17) is 0 Å². The zero-order valence-electron chi connectivity index (χ0n) is 12.4. The van der Waals surface area contributed by atoms with E-state index in [9.17, 15) is 9.59 Å². The Hall–Kier alpha value is -1.84. The fourth-order valence-electron chi connectivity index (χ4n) is 1.82. The van der Waals surface area contributed by atoms with Crippen LogP contribution in [0.4, 0.5) is 0 Å². The summed E-state index contributed by atoms with van der Waals surface area (Å²) in [5.41, 5.74) is 1.13. The number of benzene rings is 1. The van der Waals surface area contributed by atoms with Crippen LogP contribution < -0.4 is 5.32 Å². The lowest BCUT2D eigenvalue weighted by atomic mass is 10.1. The average Bonchev–Trinajstić information content (AvgIpc) is 2.49. The maximum absolute atomic E-state index is 11.7. The molecule has 0 saturated heterocycles. The highest BCUT2D eigenvalue weighted by Crippen LogP contribution is 2.02. The normalized spacial score (nSPS) is 10.1. The molecule has 2 amide bonds. The smallest absolute Gasteiger partial charge is 0.241 e. The van der Waals surface area contributed by atoms with Crippen LogP contribution in [0.1, 0.15) is 31.7 Å². The summed E-state index contributed by atoms with van der Waals surface area (Å²) in [6, 6.07) is 9.86. The minimum Gasteiger partial charge on any atom is -0.347 e. The van der Waals surface area contributed by atoms with Crippen molar-refractivity contribution in [3.63, 3.8) is 0 Å². The molecule has 0 fully saturated rings. The van der Waals surface area contributed by atoms with E-state index < -0.39 is 0 Å². The molecule has 0 aromatic heterocycles. The van der Waals surface area contributed by atoms with Crippen LogP contribution in [0.2, 0.25) is 0 Å². The zero-order valence-corrected chi connectivity index (χ0v) is 12.4. The van der Waals surface area contributed by atoms with Crippen LogP contribution in [0, 0.1) is 0 Å². The van der Waals surface area contributed by atoms with Crippen molar-refractivity contribution in [1.29, 1.82) is 0 Å². The van der Waals surface area contributed by atoms with Crippen molar-refractivity contribution in [2.45, 2.75) is 32.6 Å². The van der Waals surface area contributed by atoms with E-state index in [-0.39, 0.29) is 18.4 Å². The van der Waals surface area contributed by atoms with Gasteiger partial charge in [-0.1, -0.05) is 43.7 Å². The molecule has 1 rings (SSSR count). The lowest BCUT2D eigenvalue weighted by Gasteiger charge is -2.16. The fraction of sp³-hybridized carbons (Fsp3) is 0.500. The fourth-order valence-corrected chi connectivity index (χ4v) is 1.82. The second-order valence-electron chi connectivity index (χ2n) is 4.93. The number of carbonyl (C=O) groups is 2. The lowest BCUT2D eigenvalue weighted by Crippen LogP contribution is -2.38. The van der Waals surface area contributed by atoms with Gasteiger partial charge in [0.05, 0.1) is 6.54 Å². The number of amides is 2. The Balaban J connectivity index is 2.21. The van der Waals surface area contributed by atoms with Gasteiger partial charge in [-0.2, -0.15) is 0 Å². The Labute approximate surface area is 121 Å². The van der Waals surface area contributed by atoms with Crippen molar-refractivity contribution < 1.29 is 9.59 Å². The van der Waals surface area contributed by atoms with Crippen LogP contribution in [-0.4, -0.2) is 36.9 Å². The molecule has 4 heteroatoms. The molecule has 0 saturated carbocycles. The quantitative estimate of drug-likeness (QED) is 0.789. The van der Waals surface area contributed by atoms with E-state index in [2.05, 4.69) is 12.2 Å². The van der Waals surface area contributed by atoms with E-state index in [1.165, 1.54) is 0 Å². The van der Waals surface area contributed by atoms with Gasteiger partial charge >= 0.3 is 0 Å². The molecule has 0 aliphatic carbocycles. The molecule has 1 N–H and O–H groups in total. The Morgan fingerprint density at radius 2 is 1.90 bits per heavy atom. The highest BCUT2D eigenvalue weighted by atomic mass is 16.2. The molecule has 4 nitrogen and oxygen atoms in total. The highest BCUT2D eigenvalue weighted by molar-refractivity contribution is 5.84. The molecule has 20 heavy (non-hydrogen) atoms. The van der Waals surface area contributed by atoms with Crippen LogP contribution >= 0.6 is 0 Å². The molecule has 0 radical (unpaired) electrons. The summed E-state index contributed by atoms with van der Waals surface area (Å²) >= 11 is 0. The second kappa shape index (κ2) is 9.13. The summed E-state index contributed by atoms with van der Waals surface area (Å²) in [4.78, 5) is 25.1. The molecular formula is C16H24N2O2. The van der Waals surface area contributed by atoms with Gasteiger partial charge in [-0.25, -0.2) is 0 Å². The summed E-state index contributed by atoms with van der Waals surface area (Å²) in [5.74, 6) is -0.113. The second-order valence-corrected chi connectivity index (χ2v) is 4.93. The van der Waals surface area contributed by atoms with Gasteiger partial charge < -0.3 is 10.2 Å². The van der Waals surface area contributed by atoms with Gasteiger partial charge in [-0.05, 0) is 18.4 Å². The minimum atomic E-state index is -0.0777. The molecule has 110 valence electrons. The van der Waals surface area contributed by atoms with Crippen LogP contribution in [0.3, 0.4) is 0 Å². The van der Waals surface area contributed by atoms with E-state index in [0.717, 1.165) is 24.9 Å². The number of unbranched alkanes of at least 4 members (excludes halogenated alkanes) is 1. The van der Waals surface area contributed by atoms with Gasteiger partial charge in [0.15, 0.2) is 0 Å². The van der Waals surface area contributed by atoms with Crippen LogP contribution in [-0.2, 0) is 16.0 Å². The third kappa shape index (κ3) is 6.36. The van der Waals surface area contributed by atoms with Crippen molar-refractivity contribution in [3.05, 3.63) is 35.9 Å². The monoisotopic (exact) mass is 276 g/mol. The average molecular weight is 276 g/mol. The molecule has 0 atom stereocenters. The summed E-state index contributed by atoms with van der Waals surface area (Å²) < 4.78 is 0. The standard InChI is InChI=1S/C16H24N2O2/c1-3-4-12-18(2)16(20)13-17-15(19)11-10-14-8-6-5-7-9-14/h5-9H,3-4,10-13H2,1-2H3,(H,17,19). The third-order valence-electron chi connectivity index (χ3n) is 3.19. The first-order valence-corrected chi connectivity index (χ1v) is 7.18. The van der Waals surface area contributed by atoms with Gasteiger partial charge in [-0.15, -0.1) is 0 Å². The number of hydrogen-bond donors (Lipinski definition) is 1. The number of likely N-dealkylation sites (N-methyl/N-ethyl adjacent to an activating group) is 1. The Bertz CT molecular complexity index is 418. The molecule has 0 heterocycles. The number of aryl methyl sites for hydroxylation is 1. The van der Waals surface area contributed by atoms with Crippen LogP contribution in [0.15, 0.2) is 30.3 Å². The first-order chi connectivity index (χ1) is 9.63. The number of hydrogen-bond acceptors (Lipinski definition) is 2. The van der Waals surface area contributed by atoms with Gasteiger partial charge in [0, 0.05) is 20.0 Å². The minimum absolute atomic E-state index is 0.0356. The summed E-state index contributed by atoms with van der Waals surface area (Å²) in [6.45, 7) is 2.92. The van der Waals surface area contributed by atoms with Gasteiger partial charge in [0.25, 0.3) is 0 Å². The van der Waals surface area contributed by atoms with Gasteiger partial charge in [-0.3, -0.25) is 9.59 Å². The summed E-state index contributed by atoms with van der Waals surface area (Å²) in [6.07, 6.45) is 3.16. The summed E-state index contributed by atoms with van der Waals surface area (Å²) in [7, 11) is 1.77. The molecular weight excluding hydrogens is 252 g/mol. The molecule has 0 spiro atoms. The van der Waals surface area contributed by atoms with Crippen LogP contribution in [0.25, 0.3) is 0 Å². The van der Waals surface area contributed by atoms with E-state index in [1.807, 2.05) is 30.3 Å². The number of rotatable bonds is 8. The predicted molar refractivity (Wildman–Crippen MR) is 80.3 cm³/mol. The predicted octanol–water partition coefficient (Wildman–Crippen LogP) is 1.99. The topological polar surface area (TPSA) is 49.4 Å². The molecule has 0 aliphatic heterocycles. The van der Waals surface area contributed by atoms with Gasteiger partial charge in [0.2, 0.25) is 11.8 Å². The van der Waals surface area contributed by atoms with Crippen molar-refractivity contribution in [2.75, 3.05) is 20.1 Å². The van der Waals surface area contributed by atoms with Crippen LogP contribution in [0.5, 0.6) is 0 Å². The van der Waals surface area contributed by atoms with E-state index >= 15 is 0 Å². The number of carbonyl (C=O) groups excluding carboxylic acids is 2. The molecule has 0 unspecified atom stereocenters. The summed E-state index contributed by atoms with van der Waals surface area (Å²) in [5, 5.41) is 2.68. The lowest BCUT2D eigenvalue weighted by molar-refractivity contribution is -0.131. The first kappa shape index (κ1) is 16.2. The number of nitrogens with one attached hydrogen (secondary N) is 1. The molecule has 0 bridgehead atoms. The maximum atomic E-state index is 11.7. The zero-order chi connectivity index (χ0) is 14.8. The van der Waals surface area contributed by atoms with Crippen molar-refractivity contribution in [1.82, 2.24) is 10.2 Å².